The van der Waals surface area contributed by atoms with Crippen molar-refractivity contribution >= 4 is 29.2 Å². The molecule has 0 atom stereocenters. The summed E-state index contributed by atoms with van der Waals surface area (Å²) in [5, 5.41) is 12.0. The number of aryl methyl sites for hydroxylation is 2. The molecule has 1 amide bonds. The van der Waals surface area contributed by atoms with Gasteiger partial charge >= 0.3 is 5.97 Å². The number of ether oxygens (including phenoxy) is 1. The number of hydrogen-bond donors (Lipinski definition) is 2. The van der Waals surface area contributed by atoms with Gasteiger partial charge in [0.2, 0.25) is 5.91 Å². The Morgan fingerprint density at radius 1 is 0.875 bits per heavy atom. The summed E-state index contributed by atoms with van der Waals surface area (Å²) in [6.45, 7) is 0.675. The molecule has 3 aromatic carbocycles. The van der Waals surface area contributed by atoms with Gasteiger partial charge in [0.1, 0.15) is 5.75 Å². The first-order valence-electron chi connectivity index (χ1n) is 10.6. The summed E-state index contributed by atoms with van der Waals surface area (Å²) in [6, 6.07) is 22.6. The number of unbranched alkanes of at least 4 members (excludes halogenated alkanes) is 1. The van der Waals surface area contributed by atoms with E-state index in [9.17, 15) is 9.59 Å². The van der Waals surface area contributed by atoms with E-state index < -0.39 is 5.97 Å². The highest BCUT2D eigenvalue weighted by molar-refractivity contribution is 6.33. The molecular formula is C26H26ClNO4. The third-order valence-corrected chi connectivity index (χ3v) is 5.35. The fourth-order valence-corrected chi connectivity index (χ4v) is 3.46. The Morgan fingerprint density at radius 2 is 1.59 bits per heavy atom. The van der Waals surface area contributed by atoms with Gasteiger partial charge in [-0.05, 0) is 67.1 Å². The lowest BCUT2D eigenvalue weighted by atomic mass is 10.1. The molecule has 0 aliphatic carbocycles. The lowest BCUT2D eigenvalue weighted by Crippen LogP contribution is -2.13. The van der Waals surface area contributed by atoms with E-state index in [2.05, 4.69) is 29.6 Å². The van der Waals surface area contributed by atoms with Gasteiger partial charge in [0.15, 0.2) is 0 Å². The SMILES string of the molecule is O=C(CCc1ccc(OCCCCc2ccccc2)cc1)Nc1ccc(Cl)c(C(=O)O)c1. The van der Waals surface area contributed by atoms with Crippen molar-refractivity contribution in [1.82, 2.24) is 0 Å². The van der Waals surface area contributed by atoms with Gasteiger partial charge in [0, 0.05) is 12.1 Å². The number of rotatable bonds is 11. The molecule has 3 aromatic rings. The molecule has 0 fully saturated rings. The van der Waals surface area contributed by atoms with Gasteiger partial charge in [-0.15, -0.1) is 0 Å². The molecule has 0 radical (unpaired) electrons. The topological polar surface area (TPSA) is 75.6 Å². The van der Waals surface area contributed by atoms with Crippen LogP contribution in [-0.4, -0.2) is 23.6 Å². The number of nitrogens with one attached hydrogen (secondary N) is 1. The summed E-state index contributed by atoms with van der Waals surface area (Å²) in [4.78, 5) is 23.4. The van der Waals surface area contributed by atoms with E-state index in [1.54, 1.807) is 6.07 Å². The summed E-state index contributed by atoms with van der Waals surface area (Å²) in [6.07, 6.45) is 3.98. The Balaban J connectivity index is 1.37. The minimum atomic E-state index is -1.13. The summed E-state index contributed by atoms with van der Waals surface area (Å²) in [7, 11) is 0. The molecule has 32 heavy (non-hydrogen) atoms. The van der Waals surface area contributed by atoms with Crippen LogP contribution in [0, 0.1) is 0 Å². The Kier molecular flexibility index (Phi) is 8.70. The Labute approximate surface area is 193 Å². The zero-order valence-electron chi connectivity index (χ0n) is 17.7. The number of carboxylic acid groups (broad SMARTS) is 1. The van der Waals surface area contributed by atoms with Crippen LogP contribution < -0.4 is 10.1 Å². The molecule has 166 valence electrons. The van der Waals surface area contributed by atoms with Crippen molar-refractivity contribution in [2.24, 2.45) is 0 Å². The molecular weight excluding hydrogens is 426 g/mol. The monoisotopic (exact) mass is 451 g/mol. The van der Waals surface area contributed by atoms with Gasteiger partial charge in [0.25, 0.3) is 0 Å². The normalized spacial score (nSPS) is 10.5. The van der Waals surface area contributed by atoms with Crippen LogP contribution in [0.1, 0.15) is 40.7 Å². The minimum absolute atomic E-state index is 0.0416. The number of aromatic carboxylic acids is 1. The van der Waals surface area contributed by atoms with Crippen molar-refractivity contribution in [3.8, 4) is 5.75 Å². The number of anilines is 1. The van der Waals surface area contributed by atoms with Gasteiger partial charge in [-0.3, -0.25) is 4.79 Å². The van der Waals surface area contributed by atoms with E-state index >= 15 is 0 Å². The van der Waals surface area contributed by atoms with E-state index in [1.807, 2.05) is 30.3 Å². The standard InChI is InChI=1S/C26H26ClNO4/c27-24-15-12-21(18-23(24)26(30)31)28-25(29)16-11-20-9-13-22(14-10-20)32-17-5-4-8-19-6-2-1-3-7-19/h1-3,6-7,9-10,12-15,18H,4-5,8,11,16-17H2,(H,28,29)(H,30,31). The molecule has 0 bridgehead atoms. The molecule has 6 heteroatoms. The van der Waals surface area contributed by atoms with E-state index in [1.165, 1.54) is 17.7 Å². The smallest absolute Gasteiger partial charge is 0.337 e. The van der Waals surface area contributed by atoms with Crippen LogP contribution >= 0.6 is 11.6 Å². The third kappa shape index (κ3) is 7.43. The zero-order valence-corrected chi connectivity index (χ0v) is 18.5. The molecule has 0 aliphatic rings. The number of carbonyl (C=O) groups is 2. The van der Waals surface area contributed by atoms with Crippen LogP contribution in [-0.2, 0) is 17.6 Å². The third-order valence-electron chi connectivity index (χ3n) is 5.02. The minimum Gasteiger partial charge on any atom is -0.494 e. The number of carboxylic acids is 1. The predicted molar refractivity (Wildman–Crippen MR) is 127 cm³/mol. The maximum Gasteiger partial charge on any atom is 0.337 e. The number of halogens is 1. The van der Waals surface area contributed by atoms with Gasteiger partial charge < -0.3 is 15.2 Å². The average molecular weight is 452 g/mol. The lowest BCUT2D eigenvalue weighted by molar-refractivity contribution is -0.116. The van der Waals surface area contributed by atoms with Crippen LogP contribution in [0.2, 0.25) is 5.02 Å². The molecule has 0 aromatic heterocycles. The molecule has 2 N–H and O–H groups in total. The van der Waals surface area contributed by atoms with E-state index in [-0.39, 0.29) is 22.9 Å². The van der Waals surface area contributed by atoms with Gasteiger partial charge in [-0.2, -0.15) is 0 Å². The molecule has 3 rings (SSSR count). The van der Waals surface area contributed by atoms with Crippen LogP contribution in [0.15, 0.2) is 72.8 Å². The fourth-order valence-electron chi connectivity index (χ4n) is 3.27. The first kappa shape index (κ1) is 23.4. The second-order valence-corrected chi connectivity index (χ2v) is 7.89. The van der Waals surface area contributed by atoms with E-state index in [0.29, 0.717) is 18.7 Å². The molecule has 0 saturated carbocycles. The summed E-state index contributed by atoms with van der Waals surface area (Å²) in [5.41, 5.74) is 2.74. The zero-order chi connectivity index (χ0) is 22.8. The highest BCUT2D eigenvalue weighted by Gasteiger charge is 2.11. The number of hydrogen-bond acceptors (Lipinski definition) is 3. The van der Waals surface area contributed by atoms with Crippen molar-refractivity contribution in [1.29, 1.82) is 0 Å². The Morgan fingerprint density at radius 3 is 2.31 bits per heavy atom. The molecule has 0 spiro atoms. The molecule has 5 nitrogen and oxygen atoms in total. The second-order valence-electron chi connectivity index (χ2n) is 7.48. The number of carbonyl (C=O) groups excluding carboxylic acids is 1. The highest BCUT2D eigenvalue weighted by Crippen LogP contribution is 2.21. The van der Waals surface area contributed by atoms with Crippen LogP contribution in [0.4, 0.5) is 5.69 Å². The Bertz CT molecular complexity index is 1040. The van der Waals surface area contributed by atoms with Gasteiger partial charge in [-0.25, -0.2) is 4.79 Å². The maximum atomic E-state index is 12.2. The lowest BCUT2D eigenvalue weighted by Gasteiger charge is -2.09. The van der Waals surface area contributed by atoms with Crippen molar-refractivity contribution in [2.45, 2.75) is 32.1 Å². The maximum absolute atomic E-state index is 12.2. The average Bonchev–Trinajstić information content (AvgIpc) is 2.80. The predicted octanol–water partition coefficient (Wildman–Crippen LogP) is 6.01. The van der Waals surface area contributed by atoms with Crippen molar-refractivity contribution in [3.63, 3.8) is 0 Å². The number of amides is 1. The van der Waals surface area contributed by atoms with Crippen LogP contribution in [0.5, 0.6) is 5.75 Å². The fraction of sp³-hybridized carbons (Fsp3) is 0.231. The summed E-state index contributed by atoms with van der Waals surface area (Å²) in [5.74, 6) is -0.507. The molecule has 0 heterocycles. The van der Waals surface area contributed by atoms with Crippen LogP contribution in [0.3, 0.4) is 0 Å². The number of benzene rings is 3. The van der Waals surface area contributed by atoms with Crippen molar-refractivity contribution < 1.29 is 19.4 Å². The first-order chi connectivity index (χ1) is 15.5. The first-order valence-corrected chi connectivity index (χ1v) is 11.0. The largest absolute Gasteiger partial charge is 0.494 e. The molecule has 0 unspecified atom stereocenters. The van der Waals surface area contributed by atoms with E-state index in [0.717, 1.165) is 30.6 Å². The molecule has 0 saturated heterocycles. The highest BCUT2D eigenvalue weighted by atomic mass is 35.5. The van der Waals surface area contributed by atoms with Crippen molar-refractivity contribution in [2.75, 3.05) is 11.9 Å². The molecule has 0 aliphatic heterocycles. The summed E-state index contributed by atoms with van der Waals surface area (Å²) >= 11 is 5.85. The van der Waals surface area contributed by atoms with E-state index in [4.69, 9.17) is 21.4 Å². The van der Waals surface area contributed by atoms with Gasteiger partial charge in [-0.1, -0.05) is 54.1 Å². The summed E-state index contributed by atoms with van der Waals surface area (Å²) < 4.78 is 5.81. The Hall–Kier alpha value is -3.31. The quantitative estimate of drug-likeness (QED) is 0.350. The van der Waals surface area contributed by atoms with Crippen molar-refractivity contribution in [3.05, 3.63) is 94.5 Å². The van der Waals surface area contributed by atoms with Gasteiger partial charge in [0.05, 0.1) is 17.2 Å². The van der Waals surface area contributed by atoms with Crippen LogP contribution in [0.25, 0.3) is 0 Å². The second kappa shape index (κ2) is 11.9.